The van der Waals surface area contributed by atoms with Gasteiger partial charge in [0.05, 0.1) is 12.9 Å². The first-order valence-electron chi connectivity index (χ1n) is 9.61. The Balaban J connectivity index is 1.38. The van der Waals surface area contributed by atoms with Crippen LogP contribution in [0.25, 0.3) is 0 Å². The molecule has 1 N–H and O–H groups in total. The lowest BCUT2D eigenvalue weighted by Gasteiger charge is -2.32. The SMILES string of the molecule is Cn1c(Cn2ccnc2)nnc1C1CCCN(C(=O)NCc2ccccc2)C1. The number of urea groups is 1. The van der Waals surface area contributed by atoms with E-state index in [1.165, 1.54) is 0 Å². The van der Waals surface area contributed by atoms with Gasteiger partial charge in [0.2, 0.25) is 0 Å². The molecule has 0 saturated carbocycles. The summed E-state index contributed by atoms with van der Waals surface area (Å²) in [7, 11) is 2.00. The summed E-state index contributed by atoms with van der Waals surface area (Å²) in [6.07, 6.45) is 7.42. The Morgan fingerprint density at radius 3 is 2.89 bits per heavy atom. The third kappa shape index (κ3) is 4.05. The minimum atomic E-state index is -0.0191. The molecule has 0 spiro atoms. The lowest BCUT2D eigenvalue weighted by atomic mass is 9.97. The van der Waals surface area contributed by atoms with Gasteiger partial charge >= 0.3 is 6.03 Å². The molecule has 1 aliphatic heterocycles. The van der Waals surface area contributed by atoms with Crippen molar-refractivity contribution in [3.05, 3.63) is 66.3 Å². The van der Waals surface area contributed by atoms with Crippen molar-refractivity contribution in [3.63, 3.8) is 0 Å². The van der Waals surface area contributed by atoms with Gasteiger partial charge in [-0.05, 0) is 18.4 Å². The number of imidazole rings is 1. The second-order valence-corrected chi connectivity index (χ2v) is 7.20. The number of amides is 2. The van der Waals surface area contributed by atoms with Crippen molar-refractivity contribution < 1.29 is 4.79 Å². The first kappa shape index (κ1) is 18.2. The van der Waals surface area contributed by atoms with E-state index in [1.54, 1.807) is 12.5 Å². The van der Waals surface area contributed by atoms with Gasteiger partial charge in [-0.1, -0.05) is 30.3 Å². The van der Waals surface area contributed by atoms with Crippen molar-refractivity contribution in [2.24, 2.45) is 7.05 Å². The Kier molecular flexibility index (Phi) is 5.36. The van der Waals surface area contributed by atoms with Crippen LogP contribution >= 0.6 is 0 Å². The molecule has 3 heterocycles. The van der Waals surface area contributed by atoms with E-state index in [0.717, 1.165) is 36.6 Å². The Morgan fingerprint density at radius 1 is 1.25 bits per heavy atom. The third-order valence-electron chi connectivity index (χ3n) is 5.24. The van der Waals surface area contributed by atoms with Gasteiger partial charge in [0, 0.05) is 45.0 Å². The number of piperidine rings is 1. The predicted octanol–water partition coefficient (Wildman–Crippen LogP) is 2.15. The lowest BCUT2D eigenvalue weighted by Crippen LogP contribution is -2.45. The summed E-state index contributed by atoms with van der Waals surface area (Å²) in [5.74, 6) is 2.03. The van der Waals surface area contributed by atoms with Crippen LogP contribution in [0.3, 0.4) is 0 Å². The average Bonchev–Trinajstić information content (AvgIpc) is 3.38. The van der Waals surface area contributed by atoms with Gasteiger partial charge in [-0.3, -0.25) is 0 Å². The van der Waals surface area contributed by atoms with Crippen LogP contribution in [0.2, 0.25) is 0 Å². The molecule has 146 valence electrons. The van der Waals surface area contributed by atoms with Crippen LogP contribution in [0.5, 0.6) is 0 Å². The molecule has 8 nitrogen and oxygen atoms in total. The summed E-state index contributed by atoms with van der Waals surface area (Å²) >= 11 is 0. The fraction of sp³-hybridized carbons (Fsp3) is 0.400. The molecule has 28 heavy (non-hydrogen) atoms. The van der Waals surface area contributed by atoms with Gasteiger partial charge in [-0.2, -0.15) is 0 Å². The third-order valence-corrected chi connectivity index (χ3v) is 5.24. The fourth-order valence-corrected chi connectivity index (χ4v) is 3.67. The monoisotopic (exact) mass is 379 g/mol. The molecule has 1 saturated heterocycles. The van der Waals surface area contributed by atoms with Gasteiger partial charge in [0.15, 0.2) is 5.82 Å². The van der Waals surface area contributed by atoms with Crippen LogP contribution in [-0.2, 0) is 20.1 Å². The van der Waals surface area contributed by atoms with Crippen LogP contribution in [0, 0.1) is 0 Å². The zero-order valence-corrected chi connectivity index (χ0v) is 16.0. The minimum absolute atomic E-state index is 0.0191. The van der Waals surface area contributed by atoms with Crippen LogP contribution in [0.1, 0.15) is 36.0 Å². The number of likely N-dealkylation sites (tertiary alicyclic amines) is 1. The number of hydrogen-bond acceptors (Lipinski definition) is 4. The van der Waals surface area contributed by atoms with E-state index in [0.29, 0.717) is 19.6 Å². The highest BCUT2D eigenvalue weighted by molar-refractivity contribution is 5.74. The smallest absolute Gasteiger partial charge is 0.317 e. The van der Waals surface area contributed by atoms with E-state index in [9.17, 15) is 4.79 Å². The van der Waals surface area contributed by atoms with E-state index in [4.69, 9.17) is 0 Å². The molecule has 8 heteroatoms. The topological polar surface area (TPSA) is 80.9 Å². The Morgan fingerprint density at radius 2 is 2.11 bits per heavy atom. The maximum absolute atomic E-state index is 12.6. The zero-order valence-electron chi connectivity index (χ0n) is 16.0. The Hall–Kier alpha value is -3.16. The molecular formula is C20H25N7O. The normalized spacial score (nSPS) is 16.9. The van der Waals surface area contributed by atoms with E-state index in [-0.39, 0.29) is 11.9 Å². The van der Waals surface area contributed by atoms with Crippen molar-refractivity contribution >= 4 is 6.03 Å². The second kappa shape index (κ2) is 8.24. The first-order chi connectivity index (χ1) is 13.7. The summed E-state index contributed by atoms with van der Waals surface area (Å²) in [5.41, 5.74) is 1.10. The van der Waals surface area contributed by atoms with Crippen LogP contribution in [-0.4, -0.2) is 48.3 Å². The number of carbonyl (C=O) groups excluding carboxylic acids is 1. The quantitative estimate of drug-likeness (QED) is 0.737. The predicted molar refractivity (Wildman–Crippen MR) is 105 cm³/mol. The molecule has 2 amide bonds. The van der Waals surface area contributed by atoms with E-state index >= 15 is 0 Å². The molecule has 1 aliphatic rings. The molecule has 3 aromatic rings. The number of nitrogens with zero attached hydrogens (tertiary/aromatic N) is 6. The first-order valence-corrected chi connectivity index (χ1v) is 9.61. The second-order valence-electron chi connectivity index (χ2n) is 7.20. The molecule has 1 atom stereocenters. The van der Waals surface area contributed by atoms with E-state index < -0.39 is 0 Å². The average molecular weight is 379 g/mol. The maximum Gasteiger partial charge on any atom is 0.317 e. The summed E-state index contributed by atoms with van der Waals surface area (Å²) < 4.78 is 4.02. The molecule has 2 aromatic heterocycles. The van der Waals surface area contributed by atoms with Crippen molar-refractivity contribution in [2.45, 2.75) is 31.8 Å². The fourth-order valence-electron chi connectivity index (χ4n) is 3.67. The Labute approximate surface area is 164 Å². The molecule has 0 aliphatic carbocycles. The number of nitrogens with one attached hydrogen (secondary N) is 1. The maximum atomic E-state index is 12.6. The highest BCUT2D eigenvalue weighted by Crippen LogP contribution is 2.26. The lowest BCUT2D eigenvalue weighted by molar-refractivity contribution is 0.177. The van der Waals surface area contributed by atoms with Crippen molar-refractivity contribution in [3.8, 4) is 0 Å². The largest absolute Gasteiger partial charge is 0.334 e. The minimum Gasteiger partial charge on any atom is -0.334 e. The zero-order chi connectivity index (χ0) is 19.3. The van der Waals surface area contributed by atoms with Gasteiger partial charge in [-0.25, -0.2) is 9.78 Å². The number of carbonyl (C=O) groups is 1. The van der Waals surface area contributed by atoms with Crippen molar-refractivity contribution in [2.75, 3.05) is 13.1 Å². The van der Waals surface area contributed by atoms with Crippen LogP contribution in [0.4, 0.5) is 4.79 Å². The molecule has 4 rings (SSSR count). The molecule has 0 radical (unpaired) electrons. The standard InChI is InChI=1S/C20H25N7O/c1-25-18(14-26-11-9-21-15-26)23-24-19(25)17-8-5-10-27(13-17)20(28)22-12-16-6-3-2-4-7-16/h2-4,6-7,9,11,15,17H,5,8,10,12-14H2,1H3,(H,22,28). The number of benzene rings is 1. The van der Waals surface area contributed by atoms with Crippen molar-refractivity contribution in [1.29, 1.82) is 0 Å². The van der Waals surface area contributed by atoms with Gasteiger partial charge in [0.1, 0.15) is 5.82 Å². The number of aromatic nitrogens is 5. The van der Waals surface area contributed by atoms with Crippen molar-refractivity contribution in [1.82, 2.24) is 34.5 Å². The van der Waals surface area contributed by atoms with Crippen LogP contribution in [0.15, 0.2) is 49.1 Å². The molecule has 1 fully saturated rings. The van der Waals surface area contributed by atoms with E-state index in [1.807, 2.05) is 53.0 Å². The summed E-state index contributed by atoms with van der Waals surface area (Å²) in [4.78, 5) is 18.6. The summed E-state index contributed by atoms with van der Waals surface area (Å²) in [6, 6.07) is 9.94. The molecule has 0 bridgehead atoms. The van der Waals surface area contributed by atoms with Gasteiger partial charge in [-0.15, -0.1) is 10.2 Å². The van der Waals surface area contributed by atoms with E-state index in [2.05, 4.69) is 25.1 Å². The van der Waals surface area contributed by atoms with Crippen LogP contribution < -0.4 is 5.32 Å². The summed E-state index contributed by atoms with van der Waals surface area (Å²) in [6.45, 7) is 2.62. The number of hydrogen-bond donors (Lipinski definition) is 1. The molecular weight excluding hydrogens is 354 g/mol. The molecule has 1 unspecified atom stereocenters. The van der Waals surface area contributed by atoms with Gasteiger partial charge in [0.25, 0.3) is 0 Å². The number of rotatable bonds is 5. The molecule has 1 aromatic carbocycles. The Bertz CT molecular complexity index is 904. The highest BCUT2D eigenvalue weighted by atomic mass is 16.2. The van der Waals surface area contributed by atoms with Gasteiger partial charge < -0.3 is 19.4 Å². The summed E-state index contributed by atoms with van der Waals surface area (Å²) in [5, 5.41) is 11.8. The highest BCUT2D eigenvalue weighted by Gasteiger charge is 2.28.